The van der Waals surface area contributed by atoms with Gasteiger partial charge in [-0.3, -0.25) is 0 Å². The third-order valence-corrected chi connectivity index (χ3v) is 4.03. The van der Waals surface area contributed by atoms with Crippen LogP contribution in [0.3, 0.4) is 0 Å². The number of halogens is 1. The topological polar surface area (TPSA) is 21.3 Å². The molecule has 1 N–H and O–H groups in total. The third-order valence-electron chi connectivity index (χ3n) is 3.79. The molecule has 0 fully saturated rings. The van der Waals surface area contributed by atoms with E-state index in [1.54, 1.807) is 0 Å². The van der Waals surface area contributed by atoms with Gasteiger partial charge in [0.1, 0.15) is 12.4 Å². The van der Waals surface area contributed by atoms with Gasteiger partial charge in [0.25, 0.3) is 0 Å². The maximum absolute atomic E-state index is 6.12. The molecule has 2 rings (SSSR count). The lowest BCUT2D eigenvalue weighted by Crippen LogP contribution is -2.24. The summed E-state index contributed by atoms with van der Waals surface area (Å²) in [5.74, 6) is 0.890. The van der Waals surface area contributed by atoms with Crippen LogP contribution in [0.1, 0.15) is 37.0 Å². The summed E-state index contributed by atoms with van der Waals surface area (Å²) in [4.78, 5) is 0. The molecule has 0 unspecified atom stereocenters. The fourth-order valence-corrected chi connectivity index (χ4v) is 2.30. The molecule has 0 aromatic heterocycles. The van der Waals surface area contributed by atoms with Crippen LogP contribution in [0.5, 0.6) is 5.75 Å². The maximum atomic E-state index is 6.12. The Hall–Kier alpha value is -1.51. The second kappa shape index (κ2) is 8.21. The van der Waals surface area contributed by atoms with Gasteiger partial charge in [0.15, 0.2) is 0 Å². The van der Waals surface area contributed by atoms with Crippen molar-refractivity contribution in [2.75, 3.05) is 0 Å². The number of rotatable bonds is 7. The molecule has 0 aliphatic rings. The van der Waals surface area contributed by atoms with Crippen molar-refractivity contribution in [2.45, 2.75) is 46.4 Å². The van der Waals surface area contributed by atoms with E-state index < -0.39 is 0 Å². The zero-order chi connectivity index (χ0) is 15.9. The molecule has 0 amide bonds. The number of ether oxygens (including phenoxy) is 1. The highest BCUT2D eigenvalue weighted by Gasteiger charge is 2.07. The number of nitrogens with one attached hydrogen (secondary N) is 1. The van der Waals surface area contributed by atoms with Crippen LogP contribution in [0.2, 0.25) is 5.02 Å². The molecule has 0 saturated heterocycles. The Balaban J connectivity index is 2.04. The van der Waals surface area contributed by atoms with Gasteiger partial charge in [-0.1, -0.05) is 48.4 Å². The molecular weight excluding hydrogens is 294 g/mol. The first-order chi connectivity index (χ1) is 10.6. The molecule has 0 saturated carbocycles. The van der Waals surface area contributed by atoms with E-state index in [1.807, 2.05) is 18.2 Å². The van der Waals surface area contributed by atoms with Crippen molar-refractivity contribution in [1.82, 2.24) is 5.32 Å². The molecule has 0 aliphatic carbocycles. The quantitative estimate of drug-likeness (QED) is 0.765. The van der Waals surface area contributed by atoms with Gasteiger partial charge in [-0.25, -0.2) is 0 Å². The fraction of sp³-hybridized carbons (Fsp3) is 0.368. The molecule has 0 aliphatic heterocycles. The first-order valence-corrected chi connectivity index (χ1v) is 8.16. The molecule has 0 spiro atoms. The lowest BCUT2D eigenvalue weighted by molar-refractivity contribution is 0.301. The molecule has 0 heterocycles. The second-order valence-electron chi connectivity index (χ2n) is 5.72. The Morgan fingerprint density at radius 3 is 2.55 bits per heavy atom. The lowest BCUT2D eigenvalue weighted by atomic mass is 10.1. The van der Waals surface area contributed by atoms with Crippen molar-refractivity contribution in [3.05, 3.63) is 64.2 Å². The van der Waals surface area contributed by atoms with E-state index in [0.29, 0.717) is 12.6 Å². The average Bonchev–Trinajstić information content (AvgIpc) is 2.53. The van der Waals surface area contributed by atoms with Gasteiger partial charge in [0.05, 0.1) is 0 Å². The SMILES string of the molecule is CC[C@H](C)NCc1cc(Cl)ccc1OCc1ccc(C)cc1. The van der Waals surface area contributed by atoms with Crippen LogP contribution in [0.4, 0.5) is 0 Å². The summed E-state index contributed by atoms with van der Waals surface area (Å²) < 4.78 is 5.99. The van der Waals surface area contributed by atoms with Crippen LogP contribution < -0.4 is 10.1 Å². The Morgan fingerprint density at radius 2 is 1.86 bits per heavy atom. The summed E-state index contributed by atoms with van der Waals surface area (Å²) >= 11 is 6.12. The predicted octanol–water partition coefficient (Wildman–Crippen LogP) is 5.12. The van der Waals surface area contributed by atoms with Crippen molar-refractivity contribution in [1.29, 1.82) is 0 Å². The molecule has 0 bridgehead atoms. The summed E-state index contributed by atoms with van der Waals surface area (Å²) in [6, 6.07) is 14.7. The van der Waals surface area contributed by atoms with Gasteiger partial charge in [0.2, 0.25) is 0 Å². The summed E-state index contributed by atoms with van der Waals surface area (Å²) in [7, 11) is 0. The highest BCUT2D eigenvalue weighted by molar-refractivity contribution is 6.30. The standard InChI is InChI=1S/C19H24ClNO/c1-4-15(3)21-12-17-11-18(20)9-10-19(17)22-13-16-7-5-14(2)6-8-16/h5-11,15,21H,4,12-13H2,1-3H3/t15-/m0/s1. The minimum absolute atomic E-state index is 0.476. The lowest BCUT2D eigenvalue weighted by Gasteiger charge is -2.15. The molecule has 1 atom stereocenters. The van der Waals surface area contributed by atoms with E-state index in [-0.39, 0.29) is 0 Å². The predicted molar refractivity (Wildman–Crippen MR) is 93.6 cm³/mol. The molecular formula is C19H24ClNO. The van der Waals surface area contributed by atoms with Gasteiger partial charge in [-0.2, -0.15) is 0 Å². The van der Waals surface area contributed by atoms with Crippen LogP contribution in [-0.4, -0.2) is 6.04 Å². The van der Waals surface area contributed by atoms with Crippen LogP contribution in [-0.2, 0) is 13.2 Å². The smallest absolute Gasteiger partial charge is 0.124 e. The first-order valence-electron chi connectivity index (χ1n) is 7.78. The van der Waals surface area contributed by atoms with E-state index >= 15 is 0 Å². The fourth-order valence-electron chi connectivity index (χ4n) is 2.10. The highest BCUT2D eigenvalue weighted by atomic mass is 35.5. The number of hydrogen-bond acceptors (Lipinski definition) is 2. The van der Waals surface area contributed by atoms with Gasteiger partial charge in [-0.05, 0) is 44.0 Å². The minimum Gasteiger partial charge on any atom is -0.489 e. The van der Waals surface area contributed by atoms with E-state index in [0.717, 1.165) is 29.3 Å². The number of benzene rings is 2. The van der Waals surface area contributed by atoms with E-state index in [4.69, 9.17) is 16.3 Å². The summed E-state index contributed by atoms with van der Waals surface area (Å²) in [5.41, 5.74) is 3.52. The van der Waals surface area contributed by atoms with Gasteiger partial charge >= 0.3 is 0 Å². The maximum Gasteiger partial charge on any atom is 0.124 e. The Morgan fingerprint density at radius 1 is 1.14 bits per heavy atom. The third kappa shape index (κ3) is 5.04. The Bertz CT molecular complexity index is 595. The number of aryl methyl sites for hydroxylation is 1. The van der Waals surface area contributed by atoms with E-state index in [1.165, 1.54) is 11.1 Å². The molecule has 2 aromatic carbocycles. The Labute approximate surface area is 138 Å². The first kappa shape index (κ1) is 16.9. The Kier molecular flexibility index (Phi) is 6.29. The minimum atomic E-state index is 0.476. The molecule has 0 radical (unpaired) electrons. The summed E-state index contributed by atoms with van der Waals surface area (Å²) in [6.45, 7) is 7.77. The summed E-state index contributed by atoms with van der Waals surface area (Å²) in [5, 5.41) is 4.22. The van der Waals surface area contributed by atoms with Crippen LogP contribution in [0, 0.1) is 6.92 Å². The molecule has 22 heavy (non-hydrogen) atoms. The normalized spacial score (nSPS) is 12.2. The monoisotopic (exact) mass is 317 g/mol. The van der Waals surface area contributed by atoms with Crippen molar-refractivity contribution in [2.24, 2.45) is 0 Å². The second-order valence-corrected chi connectivity index (χ2v) is 6.15. The molecule has 2 aromatic rings. The zero-order valence-electron chi connectivity index (χ0n) is 13.5. The number of hydrogen-bond donors (Lipinski definition) is 1. The molecule has 2 nitrogen and oxygen atoms in total. The highest BCUT2D eigenvalue weighted by Crippen LogP contribution is 2.24. The average molecular weight is 318 g/mol. The van der Waals surface area contributed by atoms with Crippen molar-refractivity contribution < 1.29 is 4.74 Å². The van der Waals surface area contributed by atoms with Crippen LogP contribution in [0.15, 0.2) is 42.5 Å². The largest absolute Gasteiger partial charge is 0.489 e. The molecule has 118 valence electrons. The van der Waals surface area contributed by atoms with E-state index in [9.17, 15) is 0 Å². The van der Waals surface area contributed by atoms with Crippen molar-refractivity contribution in [3.63, 3.8) is 0 Å². The van der Waals surface area contributed by atoms with Crippen LogP contribution >= 0.6 is 11.6 Å². The van der Waals surface area contributed by atoms with Gasteiger partial charge in [0, 0.05) is 23.2 Å². The van der Waals surface area contributed by atoms with Gasteiger partial charge < -0.3 is 10.1 Å². The van der Waals surface area contributed by atoms with E-state index in [2.05, 4.69) is 50.4 Å². The van der Waals surface area contributed by atoms with Crippen LogP contribution in [0.25, 0.3) is 0 Å². The van der Waals surface area contributed by atoms with Gasteiger partial charge in [-0.15, -0.1) is 0 Å². The molecule has 3 heteroatoms. The zero-order valence-corrected chi connectivity index (χ0v) is 14.3. The summed E-state index contributed by atoms with van der Waals surface area (Å²) in [6.07, 6.45) is 1.10. The van der Waals surface area contributed by atoms with Crippen molar-refractivity contribution in [3.8, 4) is 5.75 Å². The van der Waals surface area contributed by atoms with Crippen molar-refractivity contribution >= 4 is 11.6 Å².